The molecule has 0 radical (unpaired) electrons. The molecule has 0 amide bonds. The molecule has 6 heteroatoms. The molecule has 3 nitrogen and oxygen atoms in total. The topological polar surface area (TPSA) is 38.7 Å². The Bertz CT molecular complexity index is 403. The van der Waals surface area contributed by atoms with Gasteiger partial charge in [0.25, 0.3) is 0 Å². The van der Waals surface area contributed by atoms with Gasteiger partial charge < -0.3 is 14.6 Å². The Balaban J connectivity index is 2.70. The van der Waals surface area contributed by atoms with Crippen LogP contribution < -0.4 is 9.47 Å². The number of halogens is 3. The van der Waals surface area contributed by atoms with E-state index in [1.54, 1.807) is 19.1 Å². The lowest BCUT2D eigenvalue weighted by Gasteiger charge is -2.30. The van der Waals surface area contributed by atoms with E-state index in [9.17, 15) is 18.3 Å². The van der Waals surface area contributed by atoms with E-state index >= 15 is 0 Å². The Kier molecular flexibility index (Phi) is 5.68. The van der Waals surface area contributed by atoms with Crippen molar-refractivity contribution in [3.05, 3.63) is 24.3 Å². The first-order valence-corrected chi connectivity index (χ1v) is 6.38. The van der Waals surface area contributed by atoms with E-state index in [0.29, 0.717) is 12.2 Å². The molecular weight excluding hydrogens is 273 g/mol. The van der Waals surface area contributed by atoms with Crippen LogP contribution in [0.2, 0.25) is 0 Å². The summed E-state index contributed by atoms with van der Waals surface area (Å²) in [6, 6.07) is 6.15. The third-order valence-corrected chi connectivity index (χ3v) is 3.01. The van der Waals surface area contributed by atoms with E-state index in [4.69, 9.17) is 9.47 Å². The Morgan fingerprint density at radius 3 is 2.10 bits per heavy atom. The maximum absolute atomic E-state index is 12.9. The largest absolute Gasteiger partial charge is 0.497 e. The van der Waals surface area contributed by atoms with Crippen molar-refractivity contribution in [2.24, 2.45) is 0 Å². The normalized spacial score (nSPS) is 14.7. The summed E-state index contributed by atoms with van der Waals surface area (Å²) in [7, 11) is 1.49. The number of methoxy groups -OCH3 is 1. The molecule has 0 spiro atoms. The highest BCUT2D eigenvalue weighted by Gasteiger charge is 2.53. The van der Waals surface area contributed by atoms with E-state index in [2.05, 4.69) is 0 Å². The molecule has 114 valence electrons. The third-order valence-electron chi connectivity index (χ3n) is 3.01. The van der Waals surface area contributed by atoms with Crippen LogP contribution in [0.25, 0.3) is 0 Å². The number of ether oxygens (including phenoxy) is 2. The van der Waals surface area contributed by atoms with Crippen LogP contribution in [0.3, 0.4) is 0 Å². The molecule has 0 fully saturated rings. The Labute approximate surface area is 116 Å². The molecule has 0 aliphatic rings. The number of alkyl halides is 3. The summed E-state index contributed by atoms with van der Waals surface area (Å²) >= 11 is 0. The second-order valence-corrected chi connectivity index (χ2v) is 4.60. The van der Waals surface area contributed by atoms with Crippen molar-refractivity contribution in [1.29, 1.82) is 0 Å². The van der Waals surface area contributed by atoms with Gasteiger partial charge in [0.2, 0.25) is 0 Å². The molecule has 1 aromatic carbocycles. The molecule has 0 aromatic heterocycles. The lowest BCUT2D eigenvalue weighted by Crippen LogP contribution is -2.50. The number of hydrogen-bond donors (Lipinski definition) is 1. The van der Waals surface area contributed by atoms with Crippen LogP contribution in [0.1, 0.15) is 26.2 Å². The van der Waals surface area contributed by atoms with Gasteiger partial charge in [-0.2, -0.15) is 13.2 Å². The summed E-state index contributed by atoms with van der Waals surface area (Å²) in [5, 5.41) is 9.77. The van der Waals surface area contributed by atoms with E-state index in [-0.39, 0.29) is 18.6 Å². The van der Waals surface area contributed by atoms with Crippen molar-refractivity contribution < 1.29 is 27.8 Å². The molecule has 0 saturated carbocycles. The summed E-state index contributed by atoms with van der Waals surface area (Å²) in [5.41, 5.74) is -2.82. The van der Waals surface area contributed by atoms with Crippen molar-refractivity contribution in [2.45, 2.75) is 38.0 Å². The third kappa shape index (κ3) is 4.30. The first kappa shape index (κ1) is 16.6. The maximum atomic E-state index is 12.9. The average molecular weight is 292 g/mol. The zero-order valence-corrected chi connectivity index (χ0v) is 11.5. The molecule has 1 rings (SSSR count). The molecule has 0 aliphatic heterocycles. The van der Waals surface area contributed by atoms with Crippen molar-refractivity contribution in [2.75, 3.05) is 13.7 Å². The molecule has 0 saturated heterocycles. The molecule has 1 unspecified atom stereocenters. The summed E-state index contributed by atoms with van der Waals surface area (Å²) < 4.78 is 48.7. The fraction of sp³-hybridized carbons (Fsp3) is 0.571. The monoisotopic (exact) mass is 292 g/mol. The van der Waals surface area contributed by atoms with Gasteiger partial charge in [-0.1, -0.05) is 19.8 Å². The smallest absolute Gasteiger partial charge is 0.420 e. The minimum Gasteiger partial charge on any atom is -0.497 e. The quantitative estimate of drug-likeness (QED) is 0.835. The first-order chi connectivity index (χ1) is 9.32. The fourth-order valence-electron chi connectivity index (χ4n) is 1.64. The number of unbranched alkanes of at least 4 members (excludes halogenated alkanes) is 1. The highest BCUT2D eigenvalue weighted by Crippen LogP contribution is 2.35. The molecule has 20 heavy (non-hydrogen) atoms. The maximum Gasteiger partial charge on any atom is 0.420 e. The number of hydrogen-bond acceptors (Lipinski definition) is 3. The second kappa shape index (κ2) is 6.83. The Hall–Kier alpha value is -1.43. The molecule has 1 N–H and O–H groups in total. The van der Waals surface area contributed by atoms with Crippen LogP contribution in [0.5, 0.6) is 11.5 Å². The van der Waals surface area contributed by atoms with Gasteiger partial charge >= 0.3 is 6.18 Å². The van der Waals surface area contributed by atoms with Gasteiger partial charge in [0.1, 0.15) is 18.1 Å². The number of rotatable bonds is 7. The molecule has 0 aliphatic carbocycles. The molecule has 0 bridgehead atoms. The van der Waals surface area contributed by atoms with Gasteiger partial charge in [-0.15, -0.1) is 0 Å². The Morgan fingerprint density at radius 2 is 1.65 bits per heavy atom. The van der Waals surface area contributed by atoms with Gasteiger partial charge in [0.15, 0.2) is 5.60 Å². The summed E-state index contributed by atoms with van der Waals surface area (Å²) in [6.45, 7) is 0.948. The lowest BCUT2D eigenvalue weighted by molar-refractivity contribution is -0.271. The van der Waals surface area contributed by atoms with Crippen LogP contribution in [-0.4, -0.2) is 30.6 Å². The number of aliphatic hydroxyl groups is 1. The fourth-order valence-corrected chi connectivity index (χ4v) is 1.64. The summed E-state index contributed by atoms with van der Waals surface area (Å²) in [5.74, 6) is 0.833. The SMILES string of the molecule is CCCCC(O)(COc1ccc(OC)cc1)C(F)(F)F. The van der Waals surface area contributed by atoms with Gasteiger partial charge in [-0.25, -0.2) is 0 Å². The van der Waals surface area contributed by atoms with Crippen LogP contribution in [0, 0.1) is 0 Å². The van der Waals surface area contributed by atoms with Crippen LogP contribution in [0.4, 0.5) is 13.2 Å². The molecule has 1 atom stereocenters. The van der Waals surface area contributed by atoms with Crippen LogP contribution in [0.15, 0.2) is 24.3 Å². The average Bonchev–Trinajstić information content (AvgIpc) is 2.42. The van der Waals surface area contributed by atoms with Gasteiger partial charge in [-0.3, -0.25) is 0 Å². The zero-order valence-electron chi connectivity index (χ0n) is 11.5. The van der Waals surface area contributed by atoms with Gasteiger partial charge in [0, 0.05) is 0 Å². The Morgan fingerprint density at radius 1 is 1.10 bits per heavy atom. The predicted molar refractivity (Wildman–Crippen MR) is 69.0 cm³/mol. The first-order valence-electron chi connectivity index (χ1n) is 6.38. The molecule has 1 aromatic rings. The van der Waals surface area contributed by atoms with Crippen molar-refractivity contribution in [3.63, 3.8) is 0 Å². The van der Waals surface area contributed by atoms with E-state index in [1.807, 2.05) is 0 Å². The molecule has 0 heterocycles. The van der Waals surface area contributed by atoms with E-state index in [1.165, 1.54) is 19.2 Å². The zero-order chi connectivity index (χ0) is 15.2. The standard InChI is InChI=1S/C14H19F3O3/c1-3-4-9-13(18,14(15,16)17)10-20-12-7-5-11(19-2)6-8-12/h5-8,18H,3-4,9-10H2,1-2H3. The van der Waals surface area contributed by atoms with Crippen molar-refractivity contribution >= 4 is 0 Å². The second-order valence-electron chi connectivity index (χ2n) is 4.60. The van der Waals surface area contributed by atoms with Gasteiger partial charge in [0.05, 0.1) is 7.11 Å². The van der Waals surface area contributed by atoms with Gasteiger partial charge in [-0.05, 0) is 30.7 Å². The highest BCUT2D eigenvalue weighted by atomic mass is 19.4. The van der Waals surface area contributed by atoms with E-state index in [0.717, 1.165) is 0 Å². The minimum absolute atomic E-state index is 0.255. The van der Waals surface area contributed by atoms with Crippen molar-refractivity contribution in [3.8, 4) is 11.5 Å². The van der Waals surface area contributed by atoms with Crippen LogP contribution in [-0.2, 0) is 0 Å². The molecular formula is C14H19F3O3. The van der Waals surface area contributed by atoms with Crippen molar-refractivity contribution in [1.82, 2.24) is 0 Å². The predicted octanol–water partition coefficient (Wildman–Crippen LogP) is 3.56. The lowest BCUT2D eigenvalue weighted by atomic mass is 9.97. The van der Waals surface area contributed by atoms with Crippen LogP contribution >= 0.6 is 0 Å². The summed E-state index contributed by atoms with van der Waals surface area (Å²) in [4.78, 5) is 0. The van der Waals surface area contributed by atoms with E-state index < -0.39 is 18.4 Å². The number of benzene rings is 1. The minimum atomic E-state index is -4.71. The summed E-state index contributed by atoms with van der Waals surface area (Å²) in [6.07, 6.45) is -4.24. The highest BCUT2D eigenvalue weighted by molar-refractivity contribution is 5.31.